The second-order valence-electron chi connectivity index (χ2n) is 5.60. The first-order valence-electron chi connectivity index (χ1n) is 7.16. The van der Waals surface area contributed by atoms with Crippen LogP contribution in [-0.2, 0) is 0 Å². The van der Waals surface area contributed by atoms with Crippen LogP contribution < -0.4 is 9.47 Å². The highest BCUT2D eigenvalue weighted by Crippen LogP contribution is 2.39. The molecule has 2 rings (SSSR count). The number of benzene rings is 1. The summed E-state index contributed by atoms with van der Waals surface area (Å²) in [5.41, 5.74) is -0.000825. The molecular weight excluding hydrogens is 290 g/mol. The summed E-state index contributed by atoms with van der Waals surface area (Å²) in [5, 5.41) is 11.1. The van der Waals surface area contributed by atoms with E-state index in [1.807, 2.05) is 0 Å². The van der Waals surface area contributed by atoms with E-state index in [1.54, 1.807) is 12.1 Å². The quantitative estimate of drug-likeness (QED) is 0.492. The van der Waals surface area contributed by atoms with E-state index in [1.165, 1.54) is 32.4 Å². The predicted molar refractivity (Wildman–Crippen MR) is 84.5 cm³/mol. The largest absolute Gasteiger partial charge is 0.497 e. The molecule has 21 heavy (non-hydrogen) atoms. The molecule has 1 aliphatic rings. The minimum Gasteiger partial charge on any atom is -0.497 e. The van der Waals surface area contributed by atoms with Crippen LogP contribution in [0.25, 0.3) is 0 Å². The Morgan fingerprint density at radius 1 is 1.33 bits per heavy atom. The second kappa shape index (κ2) is 7.02. The van der Waals surface area contributed by atoms with Crippen LogP contribution in [0.5, 0.6) is 11.5 Å². The molecule has 0 heterocycles. The van der Waals surface area contributed by atoms with Gasteiger partial charge in [-0.05, 0) is 24.7 Å². The van der Waals surface area contributed by atoms with E-state index >= 15 is 0 Å². The third kappa shape index (κ3) is 3.81. The smallest absolute Gasteiger partial charge is 0.311 e. The van der Waals surface area contributed by atoms with Crippen molar-refractivity contribution < 1.29 is 14.4 Å². The highest BCUT2D eigenvalue weighted by molar-refractivity contribution is 7.80. The van der Waals surface area contributed by atoms with Gasteiger partial charge in [-0.1, -0.05) is 19.3 Å². The van der Waals surface area contributed by atoms with Crippen molar-refractivity contribution in [1.82, 2.24) is 0 Å². The highest BCUT2D eigenvalue weighted by Gasteiger charge is 2.32. The highest BCUT2D eigenvalue weighted by atomic mass is 32.1. The van der Waals surface area contributed by atoms with E-state index in [4.69, 9.17) is 9.47 Å². The standard InChI is InChI=1S/C15H21NO4S/c1-19-12-5-6-13(16(17)18)14(9-12)20-10-15(11-21)7-3-2-4-8-15/h5-6,9,21H,2-4,7-8,10-11H2,1H3. The van der Waals surface area contributed by atoms with Crippen molar-refractivity contribution in [1.29, 1.82) is 0 Å². The fourth-order valence-corrected chi connectivity index (χ4v) is 3.18. The molecule has 0 aromatic heterocycles. The fraction of sp³-hybridized carbons (Fsp3) is 0.600. The number of nitro groups is 1. The number of nitro benzene ring substituents is 1. The lowest BCUT2D eigenvalue weighted by Gasteiger charge is -2.35. The first-order valence-corrected chi connectivity index (χ1v) is 7.79. The van der Waals surface area contributed by atoms with Gasteiger partial charge in [0.15, 0.2) is 0 Å². The number of hydrogen-bond acceptors (Lipinski definition) is 5. The summed E-state index contributed by atoms with van der Waals surface area (Å²) >= 11 is 4.46. The van der Waals surface area contributed by atoms with Gasteiger partial charge in [0, 0.05) is 17.5 Å². The van der Waals surface area contributed by atoms with Crippen molar-refractivity contribution in [2.24, 2.45) is 5.41 Å². The molecule has 0 N–H and O–H groups in total. The van der Waals surface area contributed by atoms with Crippen LogP contribution in [0.3, 0.4) is 0 Å². The first-order chi connectivity index (χ1) is 10.1. The molecule has 0 amide bonds. The van der Waals surface area contributed by atoms with Crippen LogP contribution >= 0.6 is 12.6 Å². The van der Waals surface area contributed by atoms with Crippen LogP contribution in [0.15, 0.2) is 18.2 Å². The summed E-state index contributed by atoms with van der Waals surface area (Å²) < 4.78 is 10.9. The Bertz CT molecular complexity index is 500. The maximum Gasteiger partial charge on any atom is 0.311 e. The molecule has 1 aliphatic carbocycles. The number of methoxy groups -OCH3 is 1. The minimum atomic E-state index is -0.428. The second-order valence-corrected chi connectivity index (χ2v) is 5.91. The summed E-state index contributed by atoms with van der Waals surface area (Å²) in [6.45, 7) is 0.463. The van der Waals surface area contributed by atoms with Crippen LogP contribution in [0.2, 0.25) is 0 Å². The average molecular weight is 311 g/mol. The summed E-state index contributed by atoms with van der Waals surface area (Å²) in [5.74, 6) is 1.57. The zero-order valence-corrected chi connectivity index (χ0v) is 13.1. The van der Waals surface area contributed by atoms with Gasteiger partial charge in [-0.15, -0.1) is 0 Å². The maximum atomic E-state index is 11.1. The molecule has 0 bridgehead atoms. The zero-order valence-electron chi connectivity index (χ0n) is 12.2. The van der Waals surface area contributed by atoms with Gasteiger partial charge in [0.25, 0.3) is 0 Å². The lowest BCUT2D eigenvalue weighted by atomic mass is 9.76. The van der Waals surface area contributed by atoms with Crippen LogP contribution in [0, 0.1) is 15.5 Å². The molecule has 0 aliphatic heterocycles. The van der Waals surface area contributed by atoms with Gasteiger partial charge in [0.1, 0.15) is 5.75 Å². The normalized spacial score (nSPS) is 17.2. The Kier molecular flexibility index (Phi) is 5.33. The van der Waals surface area contributed by atoms with Crippen molar-refractivity contribution >= 4 is 18.3 Å². The van der Waals surface area contributed by atoms with Crippen molar-refractivity contribution in [3.63, 3.8) is 0 Å². The Morgan fingerprint density at radius 2 is 2.05 bits per heavy atom. The SMILES string of the molecule is COc1ccc([N+](=O)[O-])c(OCC2(CS)CCCCC2)c1. The molecule has 0 atom stereocenters. The average Bonchev–Trinajstić information content (AvgIpc) is 2.53. The van der Waals surface area contributed by atoms with E-state index in [-0.39, 0.29) is 16.9 Å². The Morgan fingerprint density at radius 3 is 2.62 bits per heavy atom. The summed E-state index contributed by atoms with van der Waals surface area (Å²) in [6.07, 6.45) is 5.71. The fourth-order valence-electron chi connectivity index (χ4n) is 2.77. The van der Waals surface area contributed by atoms with Crippen LogP contribution in [-0.4, -0.2) is 24.4 Å². The molecule has 116 valence electrons. The monoisotopic (exact) mass is 311 g/mol. The van der Waals surface area contributed by atoms with Gasteiger partial charge in [-0.25, -0.2) is 0 Å². The van der Waals surface area contributed by atoms with E-state index in [0.29, 0.717) is 12.4 Å². The third-order valence-corrected chi connectivity index (χ3v) is 4.82. The number of rotatable bonds is 6. The molecule has 1 aromatic rings. The molecular formula is C15H21NO4S. The van der Waals surface area contributed by atoms with Crippen LogP contribution in [0.1, 0.15) is 32.1 Å². The first kappa shape index (κ1) is 15.9. The van der Waals surface area contributed by atoms with E-state index in [0.717, 1.165) is 18.6 Å². The van der Waals surface area contributed by atoms with Crippen molar-refractivity contribution in [2.45, 2.75) is 32.1 Å². The lowest BCUT2D eigenvalue weighted by molar-refractivity contribution is -0.386. The maximum absolute atomic E-state index is 11.1. The van der Waals surface area contributed by atoms with Gasteiger partial charge in [0.05, 0.1) is 18.6 Å². The Labute approximate surface area is 130 Å². The lowest BCUT2D eigenvalue weighted by Crippen LogP contribution is -2.33. The molecule has 0 saturated heterocycles. The predicted octanol–water partition coefficient (Wildman–Crippen LogP) is 3.86. The number of hydrogen-bond donors (Lipinski definition) is 1. The van der Waals surface area contributed by atoms with E-state index in [2.05, 4.69) is 12.6 Å². The number of ether oxygens (including phenoxy) is 2. The van der Waals surface area contributed by atoms with Gasteiger partial charge >= 0.3 is 5.69 Å². The number of thiol groups is 1. The summed E-state index contributed by atoms with van der Waals surface area (Å²) in [4.78, 5) is 10.7. The third-order valence-electron chi connectivity index (χ3n) is 4.15. The van der Waals surface area contributed by atoms with Gasteiger partial charge in [-0.3, -0.25) is 10.1 Å². The zero-order chi connectivity index (χ0) is 15.3. The van der Waals surface area contributed by atoms with Crippen LogP contribution in [0.4, 0.5) is 5.69 Å². The van der Waals surface area contributed by atoms with E-state index < -0.39 is 4.92 Å². The van der Waals surface area contributed by atoms with Crippen molar-refractivity contribution in [3.05, 3.63) is 28.3 Å². The Balaban J connectivity index is 2.15. The van der Waals surface area contributed by atoms with Gasteiger partial charge in [0.2, 0.25) is 5.75 Å². The van der Waals surface area contributed by atoms with Crippen molar-refractivity contribution in [3.8, 4) is 11.5 Å². The Hall–Kier alpha value is -1.43. The molecule has 0 spiro atoms. The molecule has 1 aromatic carbocycles. The molecule has 0 unspecified atom stereocenters. The molecule has 6 heteroatoms. The number of nitrogens with zero attached hydrogens (tertiary/aromatic N) is 1. The van der Waals surface area contributed by atoms with E-state index in [9.17, 15) is 10.1 Å². The summed E-state index contributed by atoms with van der Waals surface area (Å²) in [7, 11) is 1.53. The topological polar surface area (TPSA) is 61.6 Å². The molecule has 1 saturated carbocycles. The minimum absolute atomic E-state index is 0.0261. The van der Waals surface area contributed by atoms with Crippen molar-refractivity contribution in [2.75, 3.05) is 19.5 Å². The summed E-state index contributed by atoms with van der Waals surface area (Å²) in [6, 6.07) is 4.57. The molecule has 0 radical (unpaired) electrons. The van der Waals surface area contributed by atoms with Gasteiger partial charge < -0.3 is 9.47 Å². The molecule has 5 nitrogen and oxygen atoms in total. The molecule has 1 fully saturated rings. The van der Waals surface area contributed by atoms with Gasteiger partial charge in [-0.2, -0.15) is 12.6 Å².